The zero-order valence-corrected chi connectivity index (χ0v) is 25.3. The number of halogens is 1. The van der Waals surface area contributed by atoms with Crippen LogP contribution in [0.15, 0.2) is 75.7 Å². The van der Waals surface area contributed by atoms with Crippen molar-refractivity contribution >= 4 is 45.7 Å². The number of hydrogen-bond donors (Lipinski definition) is 0. The van der Waals surface area contributed by atoms with Crippen molar-refractivity contribution in [3.63, 3.8) is 0 Å². The van der Waals surface area contributed by atoms with Crippen LogP contribution in [0.3, 0.4) is 0 Å². The van der Waals surface area contributed by atoms with Gasteiger partial charge in [0.25, 0.3) is 11.5 Å². The molecule has 4 aromatic rings. The number of nitrogens with zero attached hydrogens (tertiary/aromatic N) is 3. The number of methoxy groups -OCH3 is 1. The van der Waals surface area contributed by atoms with Gasteiger partial charge in [-0.25, -0.2) is 4.99 Å². The third kappa shape index (κ3) is 5.18. The Hall–Kier alpha value is -3.88. The molecular weight excluding hydrogens is 558 g/mol. The van der Waals surface area contributed by atoms with Crippen molar-refractivity contribution in [2.45, 2.75) is 33.7 Å². The van der Waals surface area contributed by atoms with Gasteiger partial charge in [0.2, 0.25) is 0 Å². The van der Waals surface area contributed by atoms with E-state index >= 15 is 0 Å². The average molecular weight is 590 g/mol. The van der Waals surface area contributed by atoms with Crippen molar-refractivity contribution in [2.24, 2.45) is 4.99 Å². The summed E-state index contributed by atoms with van der Waals surface area (Å²) in [4.78, 5) is 35.3. The molecule has 0 spiro atoms. The first-order valence-electron chi connectivity index (χ1n) is 13.6. The zero-order chi connectivity index (χ0) is 29.3. The number of ether oxygens (including phenoxy) is 2. The number of aromatic nitrogens is 1. The molecule has 2 heterocycles. The molecule has 1 aliphatic heterocycles. The van der Waals surface area contributed by atoms with Crippen LogP contribution in [0.2, 0.25) is 5.02 Å². The van der Waals surface area contributed by atoms with E-state index in [0.29, 0.717) is 56.8 Å². The van der Waals surface area contributed by atoms with Gasteiger partial charge in [0, 0.05) is 18.7 Å². The van der Waals surface area contributed by atoms with Crippen LogP contribution in [0, 0.1) is 0 Å². The van der Waals surface area contributed by atoms with Gasteiger partial charge in [-0.05, 0) is 68.3 Å². The van der Waals surface area contributed by atoms with Crippen LogP contribution in [-0.4, -0.2) is 42.2 Å². The first-order valence-corrected chi connectivity index (χ1v) is 14.8. The van der Waals surface area contributed by atoms with Crippen LogP contribution < -0.4 is 24.4 Å². The Bertz CT molecular complexity index is 1850. The summed E-state index contributed by atoms with van der Waals surface area (Å²) < 4.78 is 13.5. The molecule has 5 rings (SSSR count). The summed E-state index contributed by atoms with van der Waals surface area (Å²) in [5.74, 6) is 1.04. The number of amides is 1. The summed E-state index contributed by atoms with van der Waals surface area (Å²) in [5.41, 5.74) is 2.33. The summed E-state index contributed by atoms with van der Waals surface area (Å²) in [6.07, 6.45) is 1.80. The highest BCUT2D eigenvalue weighted by molar-refractivity contribution is 7.07. The van der Waals surface area contributed by atoms with E-state index in [0.717, 1.165) is 21.9 Å². The number of fused-ring (bicyclic) bond motifs is 2. The number of carbonyl (C=O) groups excluding carboxylic acids is 1. The van der Waals surface area contributed by atoms with Crippen molar-refractivity contribution in [1.29, 1.82) is 0 Å². The second-order valence-electron chi connectivity index (χ2n) is 9.58. The van der Waals surface area contributed by atoms with Gasteiger partial charge in [0.1, 0.15) is 17.5 Å². The monoisotopic (exact) mass is 589 g/mol. The van der Waals surface area contributed by atoms with Crippen molar-refractivity contribution in [2.75, 3.05) is 26.8 Å². The Morgan fingerprint density at radius 1 is 1.10 bits per heavy atom. The Morgan fingerprint density at radius 2 is 1.83 bits per heavy atom. The average Bonchev–Trinajstić information content (AvgIpc) is 3.27. The molecule has 0 radical (unpaired) electrons. The Kier molecular flexibility index (Phi) is 8.33. The van der Waals surface area contributed by atoms with Crippen LogP contribution in [0.4, 0.5) is 0 Å². The summed E-state index contributed by atoms with van der Waals surface area (Å²) in [5, 5.41) is 2.36. The lowest BCUT2D eigenvalue weighted by Crippen LogP contribution is -2.43. The number of thiazole rings is 1. The molecule has 0 bridgehead atoms. The predicted molar refractivity (Wildman–Crippen MR) is 165 cm³/mol. The van der Waals surface area contributed by atoms with Crippen LogP contribution >= 0.6 is 22.9 Å². The normalized spacial score (nSPS) is 15.1. The van der Waals surface area contributed by atoms with Crippen molar-refractivity contribution in [3.8, 4) is 11.5 Å². The maximum atomic E-state index is 14.2. The number of rotatable bonds is 8. The third-order valence-corrected chi connectivity index (χ3v) is 8.56. The summed E-state index contributed by atoms with van der Waals surface area (Å²) in [6, 6.07) is 16.5. The Labute approximate surface area is 247 Å². The maximum Gasteiger partial charge on any atom is 0.271 e. The predicted octanol–water partition coefficient (Wildman–Crippen LogP) is 5.32. The molecule has 1 aromatic heterocycles. The van der Waals surface area contributed by atoms with E-state index < -0.39 is 6.04 Å². The second-order valence-corrected chi connectivity index (χ2v) is 11.0. The molecule has 0 fully saturated rings. The van der Waals surface area contributed by atoms with Gasteiger partial charge in [-0.1, -0.05) is 59.3 Å². The van der Waals surface area contributed by atoms with Gasteiger partial charge in [-0.2, -0.15) is 0 Å². The first-order chi connectivity index (χ1) is 19.8. The molecule has 0 saturated carbocycles. The van der Waals surface area contributed by atoms with E-state index in [1.54, 1.807) is 34.8 Å². The molecule has 0 saturated heterocycles. The first kappa shape index (κ1) is 28.6. The molecule has 212 valence electrons. The lowest BCUT2D eigenvalue weighted by molar-refractivity contribution is -0.127. The van der Waals surface area contributed by atoms with Crippen LogP contribution in [-0.2, 0) is 4.79 Å². The summed E-state index contributed by atoms with van der Waals surface area (Å²) in [7, 11) is 1.61. The van der Waals surface area contributed by atoms with Crippen LogP contribution in [0.5, 0.6) is 11.5 Å². The minimum Gasteiger partial charge on any atom is -0.496 e. The Morgan fingerprint density at radius 3 is 2.51 bits per heavy atom. The molecule has 1 aliphatic rings. The van der Waals surface area contributed by atoms with Crippen molar-refractivity contribution < 1.29 is 14.3 Å². The number of allylic oxidation sites excluding steroid dienone is 1. The van der Waals surface area contributed by atoms with Crippen LogP contribution in [0.25, 0.3) is 16.8 Å². The molecule has 7 nitrogen and oxygen atoms in total. The fourth-order valence-electron chi connectivity index (χ4n) is 5.32. The van der Waals surface area contributed by atoms with Gasteiger partial charge in [-0.15, -0.1) is 0 Å². The topological polar surface area (TPSA) is 73.1 Å². The van der Waals surface area contributed by atoms with E-state index in [4.69, 9.17) is 26.1 Å². The smallest absolute Gasteiger partial charge is 0.271 e. The minimum absolute atomic E-state index is 0.149. The highest BCUT2D eigenvalue weighted by Gasteiger charge is 2.36. The van der Waals surface area contributed by atoms with Gasteiger partial charge in [0.15, 0.2) is 4.80 Å². The van der Waals surface area contributed by atoms with Gasteiger partial charge in [0.05, 0.1) is 34.5 Å². The molecule has 0 N–H and O–H groups in total. The molecule has 1 atom stereocenters. The zero-order valence-electron chi connectivity index (χ0n) is 23.7. The quantitative estimate of drug-likeness (QED) is 0.279. The molecule has 41 heavy (non-hydrogen) atoms. The SMILES string of the molecule is CCOc1ccc(/C=c2/sc3n(c2=O)[C@H](c2c(OC)ccc4ccccc24)C(C(=O)N(CC)CC)=C(C)N=3)cc1Cl. The maximum absolute atomic E-state index is 14.2. The van der Waals surface area contributed by atoms with E-state index in [-0.39, 0.29) is 11.5 Å². The van der Waals surface area contributed by atoms with E-state index in [1.165, 1.54) is 11.3 Å². The summed E-state index contributed by atoms with van der Waals surface area (Å²) >= 11 is 7.72. The number of hydrogen-bond acceptors (Lipinski definition) is 6. The lowest BCUT2D eigenvalue weighted by Gasteiger charge is -2.30. The molecular formula is C32H32ClN3O4S. The Balaban J connectivity index is 1.80. The number of benzene rings is 3. The van der Waals surface area contributed by atoms with Crippen molar-refractivity contribution in [1.82, 2.24) is 9.47 Å². The van der Waals surface area contributed by atoms with Crippen LogP contribution in [0.1, 0.15) is 44.9 Å². The molecule has 0 aliphatic carbocycles. The highest BCUT2D eigenvalue weighted by atomic mass is 35.5. The second kappa shape index (κ2) is 11.9. The van der Waals surface area contributed by atoms with E-state index in [1.807, 2.05) is 70.2 Å². The number of likely N-dealkylation sites (N-methyl/N-ethyl adjacent to an activating group) is 1. The molecule has 0 unspecified atom stereocenters. The third-order valence-electron chi connectivity index (χ3n) is 7.28. The van der Waals surface area contributed by atoms with Gasteiger partial charge < -0.3 is 14.4 Å². The highest BCUT2D eigenvalue weighted by Crippen LogP contribution is 2.40. The van der Waals surface area contributed by atoms with E-state index in [9.17, 15) is 9.59 Å². The molecule has 1 amide bonds. The van der Waals surface area contributed by atoms with Gasteiger partial charge >= 0.3 is 0 Å². The number of carbonyl (C=O) groups is 1. The minimum atomic E-state index is -0.730. The summed E-state index contributed by atoms with van der Waals surface area (Å²) in [6.45, 7) is 9.20. The standard InChI is InChI=1S/C32H32ClN3O4S/c1-6-35(7-2)31(38)27-19(4)34-32-36(29(27)28-22-12-10-9-11-21(22)14-16-25(28)39-5)30(37)26(41-32)18-20-13-15-24(40-8-3)23(33)17-20/h9-18,29H,6-8H2,1-5H3/b26-18+/t29-/m0/s1. The largest absolute Gasteiger partial charge is 0.496 e. The molecule has 3 aromatic carbocycles. The molecule has 9 heteroatoms. The fourth-order valence-corrected chi connectivity index (χ4v) is 6.61. The lowest BCUT2D eigenvalue weighted by atomic mass is 9.90. The van der Waals surface area contributed by atoms with E-state index in [2.05, 4.69) is 0 Å². The van der Waals surface area contributed by atoms with Crippen molar-refractivity contribution in [3.05, 3.63) is 102 Å². The van der Waals surface area contributed by atoms with Gasteiger partial charge in [-0.3, -0.25) is 14.2 Å². The fraction of sp³-hybridized carbons (Fsp3) is 0.281.